The summed E-state index contributed by atoms with van der Waals surface area (Å²) < 4.78 is 34.1. The average molecular weight is 306 g/mol. The van der Waals surface area contributed by atoms with Crippen molar-refractivity contribution < 1.29 is 17.1 Å². The fraction of sp³-hybridized carbons (Fsp3) is 0.923. The molecule has 0 aromatic carbocycles. The van der Waals surface area contributed by atoms with Gasteiger partial charge in [0.1, 0.15) is 0 Å². The van der Waals surface area contributed by atoms with Crippen molar-refractivity contribution in [1.29, 1.82) is 0 Å². The molecule has 2 fully saturated rings. The second-order valence-electron chi connectivity index (χ2n) is 6.18. The molecule has 2 aliphatic rings. The van der Waals surface area contributed by atoms with Gasteiger partial charge in [-0.25, -0.2) is 0 Å². The Balaban J connectivity index is 1.89. The Morgan fingerprint density at radius 3 is 2.40 bits per heavy atom. The fourth-order valence-electron chi connectivity index (χ4n) is 3.27. The lowest BCUT2D eigenvalue weighted by atomic mass is 10.0. The Labute approximate surface area is 120 Å². The van der Waals surface area contributed by atoms with Gasteiger partial charge < -0.3 is 9.80 Å². The van der Waals surface area contributed by atoms with Crippen molar-refractivity contribution in [3.05, 3.63) is 0 Å². The van der Waals surface area contributed by atoms with Crippen LogP contribution in [0.5, 0.6) is 0 Å². The Morgan fingerprint density at radius 1 is 1.30 bits per heavy atom. The van der Waals surface area contributed by atoms with Crippen LogP contribution in [-0.4, -0.2) is 61.6 Å². The predicted molar refractivity (Wildman–Crippen MR) is 74.4 cm³/mol. The summed E-state index contributed by atoms with van der Waals surface area (Å²) in [6.07, 6.45) is 1.99. The SMILES string of the molecule is CC(C)N1CCC(N2CC(CS(=O)(=O)F)CC2=O)CC1. The van der Waals surface area contributed by atoms with Crippen LogP contribution in [0.3, 0.4) is 0 Å². The van der Waals surface area contributed by atoms with E-state index in [0.29, 0.717) is 12.6 Å². The zero-order valence-electron chi connectivity index (χ0n) is 12.1. The third kappa shape index (κ3) is 3.91. The van der Waals surface area contributed by atoms with Gasteiger partial charge in [0, 0.05) is 44.1 Å². The number of carbonyl (C=O) groups excluding carboxylic acids is 1. The zero-order valence-corrected chi connectivity index (χ0v) is 12.9. The number of amides is 1. The Bertz CT molecular complexity index is 458. The summed E-state index contributed by atoms with van der Waals surface area (Å²) in [5, 5.41) is 0. The zero-order chi connectivity index (χ0) is 14.9. The van der Waals surface area contributed by atoms with E-state index in [1.54, 1.807) is 4.90 Å². The fourth-order valence-corrected chi connectivity index (χ4v) is 4.05. The molecule has 0 spiro atoms. The number of likely N-dealkylation sites (tertiary alicyclic amines) is 2. The van der Waals surface area contributed by atoms with Crippen molar-refractivity contribution >= 4 is 16.1 Å². The third-order valence-corrected chi connectivity index (χ3v) is 5.21. The number of nitrogens with zero attached hydrogens (tertiary/aromatic N) is 2. The van der Waals surface area contributed by atoms with Crippen LogP contribution in [0.2, 0.25) is 0 Å². The summed E-state index contributed by atoms with van der Waals surface area (Å²) >= 11 is 0. The molecule has 0 bridgehead atoms. The lowest BCUT2D eigenvalue weighted by Gasteiger charge is -2.38. The van der Waals surface area contributed by atoms with Crippen LogP contribution < -0.4 is 0 Å². The number of hydrogen-bond donors (Lipinski definition) is 0. The average Bonchev–Trinajstić information content (AvgIpc) is 2.67. The van der Waals surface area contributed by atoms with Gasteiger partial charge in [0.25, 0.3) is 0 Å². The van der Waals surface area contributed by atoms with Gasteiger partial charge in [-0.3, -0.25) is 4.79 Å². The second-order valence-corrected chi connectivity index (χ2v) is 7.59. The predicted octanol–water partition coefficient (Wildman–Crippen LogP) is 1.01. The van der Waals surface area contributed by atoms with Crippen LogP contribution in [0.1, 0.15) is 33.1 Å². The van der Waals surface area contributed by atoms with E-state index >= 15 is 0 Å². The van der Waals surface area contributed by atoms with Crippen molar-refractivity contribution in [2.45, 2.75) is 45.2 Å². The molecule has 20 heavy (non-hydrogen) atoms. The largest absolute Gasteiger partial charge is 0.339 e. The monoisotopic (exact) mass is 306 g/mol. The van der Waals surface area contributed by atoms with E-state index in [1.165, 1.54) is 0 Å². The number of carbonyl (C=O) groups is 1. The molecule has 0 saturated carbocycles. The first kappa shape index (κ1) is 15.7. The van der Waals surface area contributed by atoms with E-state index in [-0.39, 0.29) is 24.3 Å². The maximum atomic E-state index is 12.7. The lowest BCUT2D eigenvalue weighted by Crippen LogP contribution is -2.47. The second kappa shape index (κ2) is 5.97. The highest BCUT2D eigenvalue weighted by Gasteiger charge is 2.37. The molecule has 2 heterocycles. The van der Waals surface area contributed by atoms with Crippen molar-refractivity contribution in [2.75, 3.05) is 25.4 Å². The summed E-state index contributed by atoms with van der Waals surface area (Å²) in [5.74, 6) is -0.942. The van der Waals surface area contributed by atoms with Crippen molar-refractivity contribution in [2.24, 2.45) is 5.92 Å². The van der Waals surface area contributed by atoms with Gasteiger partial charge in [-0.15, -0.1) is 3.89 Å². The highest BCUT2D eigenvalue weighted by molar-refractivity contribution is 7.86. The molecule has 1 unspecified atom stereocenters. The minimum absolute atomic E-state index is 0.0263. The Morgan fingerprint density at radius 2 is 1.90 bits per heavy atom. The van der Waals surface area contributed by atoms with Crippen LogP contribution in [-0.2, 0) is 15.0 Å². The highest BCUT2D eigenvalue weighted by atomic mass is 32.3. The van der Waals surface area contributed by atoms with Crippen LogP contribution in [0.15, 0.2) is 0 Å². The molecule has 0 N–H and O–H groups in total. The van der Waals surface area contributed by atoms with Gasteiger partial charge in [-0.05, 0) is 26.7 Å². The smallest absolute Gasteiger partial charge is 0.302 e. The van der Waals surface area contributed by atoms with Crippen molar-refractivity contribution in [3.8, 4) is 0 Å². The molecule has 2 aliphatic heterocycles. The molecular formula is C13H23FN2O3S. The quantitative estimate of drug-likeness (QED) is 0.727. The first-order valence-corrected chi connectivity index (χ1v) is 8.77. The van der Waals surface area contributed by atoms with Gasteiger partial charge >= 0.3 is 10.2 Å². The first-order valence-electron chi connectivity index (χ1n) is 7.22. The number of rotatable bonds is 4. The van der Waals surface area contributed by atoms with E-state index in [9.17, 15) is 17.1 Å². The number of halogens is 1. The number of hydrogen-bond acceptors (Lipinski definition) is 4. The van der Waals surface area contributed by atoms with E-state index in [2.05, 4.69) is 18.7 Å². The van der Waals surface area contributed by atoms with E-state index in [0.717, 1.165) is 25.9 Å². The van der Waals surface area contributed by atoms with Crippen LogP contribution >= 0.6 is 0 Å². The molecule has 1 atom stereocenters. The Kier molecular flexibility index (Phi) is 4.69. The molecule has 1 amide bonds. The van der Waals surface area contributed by atoms with Crippen LogP contribution in [0.4, 0.5) is 3.89 Å². The molecule has 2 rings (SSSR count). The third-order valence-electron chi connectivity index (χ3n) is 4.34. The molecule has 2 saturated heterocycles. The minimum Gasteiger partial charge on any atom is -0.339 e. The number of piperidine rings is 1. The van der Waals surface area contributed by atoms with Gasteiger partial charge in [-0.2, -0.15) is 8.42 Å². The summed E-state index contributed by atoms with van der Waals surface area (Å²) in [4.78, 5) is 16.1. The summed E-state index contributed by atoms with van der Waals surface area (Å²) in [5.41, 5.74) is 0. The van der Waals surface area contributed by atoms with Gasteiger partial charge in [-0.1, -0.05) is 0 Å². The van der Waals surface area contributed by atoms with E-state index < -0.39 is 16.0 Å². The maximum absolute atomic E-state index is 12.7. The van der Waals surface area contributed by atoms with Crippen molar-refractivity contribution in [1.82, 2.24) is 9.80 Å². The first-order chi connectivity index (χ1) is 9.26. The molecule has 5 nitrogen and oxygen atoms in total. The summed E-state index contributed by atoms with van der Waals surface area (Å²) in [6.45, 7) is 6.61. The van der Waals surface area contributed by atoms with Crippen molar-refractivity contribution in [3.63, 3.8) is 0 Å². The molecule has 0 aromatic heterocycles. The molecule has 0 aliphatic carbocycles. The minimum atomic E-state index is -4.49. The molecule has 7 heteroatoms. The summed E-state index contributed by atoms with van der Waals surface area (Å²) in [6, 6.07) is 0.694. The molecular weight excluding hydrogens is 283 g/mol. The standard InChI is InChI=1S/C13H23FN2O3S/c1-10(2)15-5-3-12(4-6-15)16-8-11(7-13(16)17)9-20(14,18)19/h10-12H,3-9H2,1-2H3. The van der Waals surface area contributed by atoms with Gasteiger partial charge in [0.15, 0.2) is 0 Å². The Hall–Kier alpha value is -0.690. The molecule has 116 valence electrons. The normalized spacial score (nSPS) is 26.7. The topological polar surface area (TPSA) is 57.7 Å². The molecule has 0 radical (unpaired) electrons. The molecule has 0 aromatic rings. The van der Waals surface area contributed by atoms with Gasteiger partial charge in [0.2, 0.25) is 5.91 Å². The lowest BCUT2D eigenvalue weighted by molar-refractivity contribution is -0.130. The van der Waals surface area contributed by atoms with E-state index in [1.807, 2.05) is 0 Å². The highest BCUT2D eigenvalue weighted by Crippen LogP contribution is 2.27. The van der Waals surface area contributed by atoms with Gasteiger partial charge in [0.05, 0.1) is 5.75 Å². The van der Waals surface area contributed by atoms with Crippen LogP contribution in [0, 0.1) is 5.92 Å². The summed E-state index contributed by atoms with van der Waals surface area (Å²) in [7, 11) is -4.49. The van der Waals surface area contributed by atoms with E-state index in [4.69, 9.17) is 0 Å². The maximum Gasteiger partial charge on any atom is 0.302 e. The van der Waals surface area contributed by atoms with Crippen LogP contribution in [0.25, 0.3) is 0 Å².